The van der Waals surface area contributed by atoms with Crippen LogP contribution in [-0.4, -0.2) is 27.8 Å². The summed E-state index contributed by atoms with van der Waals surface area (Å²) in [5.74, 6) is 0.454. The number of fused-ring (bicyclic) bond motifs is 1. The highest BCUT2D eigenvalue weighted by atomic mass is 35.5. The molecular weight excluding hydrogens is 420 g/mol. The fraction of sp³-hybridized carbons (Fsp3) is 0.227. The van der Waals surface area contributed by atoms with Crippen molar-refractivity contribution in [1.29, 1.82) is 0 Å². The minimum absolute atomic E-state index is 0.0578. The minimum Gasteiger partial charge on any atom is -0.494 e. The molecule has 6 nitrogen and oxygen atoms in total. The van der Waals surface area contributed by atoms with Crippen molar-refractivity contribution < 1.29 is 9.53 Å². The first-order chi connectivity index (χ1) is 14.5. The van der Waals surface area contributed by atoms with E-state index in [9.17, 15) is 4.79 Å². The number of thiazole rings is 1. The molecule has 4 rings (SSSR count). The third kappa shape index (κ3) is 3.78. The summed E-state index contributed by atoms with van der Waals surface area (Å²) in [6, 6.07) is 15.2. The summed E-state index contributed by atoms with van der Waals surface area (Å²) < 4.78 is 7.95. The predicted octanol–water partition coefficient (Wildman–Crippen LogP) is 5.58. The van der Waals surface area contributed by atoms with Gasteiger partial charge in [-0.05, 0) is 37.6 Å². The van der Waals surface area contributed by atoms with Gasteiger partial charge < -0.3 is 4.74 Å². The smallest absolute Gasteiger partial charge is 0.278 e. The van der Waals surface area contributed by atoms with E-state index in [1.54, 1.807) is 41.1 Å². The zero-order valence-electron chi connectivity index (χ0n) is 16.9. The number of rotatable bonds is 6. The van der Waals surface area contributed by atoms with Gasteiger partial charge in [0.15, 0.2) is 5.13 Å². The van der Waals surface area contributed by atoms with Gasteiger partial charge in [0, 0.05) is 12.2 Å². The standard InChI is InChI=1S/C22H21ClN4O2S/c1-14(2)27-17(11-12-24-27)21(28)26(13-15-7-5-4-6-8-15)22-25-19-18(29-3)10-9-16(23)20(19)30-22/h4-12,14H,13H2,1-3H3. The van der Waals surface area contributed by atoms with Gasteiger partial charge in [-0.25, -0.2) is 4.98 Å². The van der Waals surface area contributed by atoms with E-state index in [2.05, 4.69) is 5.10 Å². The molecule has 0 aliphatic carbocycles. The monoisotopic (exact) mass is 440 g/mol. The van der Waals surface area contributed by atoms with Crippen LogP contribution < -0.4 is 9.64 Å². The van der Waals surface area contributed by atoms with Crippen molar-refractivity contribution >= 4 is 44.2 Å². The van der Waals surface area contributed by atoms with Crippen LogP contribution in [0.5, 0.6) is 5.75 Å². The Morgan fingerprint density at radius 1 is 1.20 bits per heavy atom. The van der Waals surface area contributed by atoms with Crippen LogP contribution in [0.3, 0.4) is 0 Å². The number of carbonyl (C=O) groups excluding carboxylic acids is 1. The minimum atomic E-state index is -0.167. The van der Waals surface area contributed by atoms with Crippen molar-refractivity contribution in [2.75, 3.05) is 12.0 Å². The molecule has 1 amide bonds. The van der Waals surface area contributed by atoms with Crippen LogP contribution in [0.25, 0.3) is 10.2 Å². The second-order valence-corrected chi connectivity index (χ2v) is 8.44. The average molecular weight is 441 g/mol. The van der Waals surface area contributed by atoms with Gasteiger partial charge in [0.2, 0.25) is 0 Å². The van der Waals surface area contributed by atoms with Crippen LogP contribution in [0.1, 0.15) is 35.9 Å². The van der Waals surface area contributed by atoms with E-state index < -0.39 is 0 Å². The van der Waals surface area contributed by atoms with E-state index >= 15 is 0 Å². The Morgan fingerprint density at radius 3 is 2.67 bits per heavy atom. The number of hydrogen-bond donors (Lipinski definition) is 0. The Labute approximate surface area is 183 Å². The van der Waals surface area contributed by atoms with Crippen LogP contribution in [-0.2, 0) is 6.54 Å². The Bertz CT molecular complexity index is 1190. The Morgan fingerprint density at radius 2 is 1.97 bits per heavy atom. The van der Waals surface area contributed by atoms with Gasteiger partial charge in [-0.2, -0.15) is 5.10 Å². The van der Waals surface area contributed by atoms with Crippen LogP contribution in [0.15, 0.2) is 54.7 Å². The lowest BCUT2D eigenvalue weighted by atomic mass is 10.2. The summed E-state index contributed by atoms with van der Waals surface area (Å²) in [6.45, 7) is 4.37. The molecule has 0 saturated heterocycles. The number of hydrogen-bond acceptors (Lipinski definition) is 5. The molecule has 154 valence electrons. The van der Waals surface area contributed by atoms with Gasteiger partial charge in [-0.1, -0.05) is 53.3 Å². The van der Waals surface area contributed by atoms with Crippen LogP contribution in [0, 0.1) is 0 Å². The number of nitrogens with zero attached hydrogens (tertiary/aromatic N) is 4. The van der Waals surface area contributed by atoms with E-state index in [0.29, 0.717) is 33.7 Å². The van der Waals surface area contributed by atoms with Gasteiger partial charge in [-0.3, -0.25) is 14.4 Å². The van der Waals surface area contributed by atoms with E-state index in [1.165, 1.54) is 11.3 Å². The summed E-state index contributed by atoms with van der Waals surface area (Å²) in [5.41, 5.74) is 2.16. The first-order valence-electron chi connectivity index (χ1n) is 9.52. The SMILES string of the molecule is COc1ccc(Cl)c2sc(N(Cc3ccccc3)C(=O)c3ccnn3C(C)C)nc12. The zero-order valence-corrected chi connectivity index (χ0v) is 18.4. The number of ether oxygens (including phenoxy) is 1. The van der Waals surface area contributed by atoms with Crippen molar-refractivity contribution in [2.45, 2.75) is 26.4 Å². The molecule has 8 heteroatoms. The molecular formula is C22H21ClN4O2S. The van der Waals surface area contributed by atoms with Crippen molar-refractivity contribution in [2.24, 2.45) is 0 Å². The molecule has 0 atom stereocenters. The zero-order chi connectivity index (χ0) is 21.3. The molecule has 0 radical (unpaired) electrons. The quantitative estimate of drug-likeness (QED) is 0.392. The summed E-state index contributed by atoms with van der Waals surface area (Å²) in [4.78, 5) is 20.0. The Balaban J connectivity index is 1.83. The van der Waals surface area contributed by atoms with Crippen LogP contribution in [0.4, 0.5) is 5.13 Å². The first kappa shape index (κ1) is 20.4. The van der Waals surface area contributed by atoms with Gasteiger partial charge in [0.05, 0.1) is 23.4 Å². The van der Waals surface area contributed by atoms with Gasteiger partial charge in [0.1, 0.15) is 17.0 Å². The van der Waals surface area contributed by atoms with Gasteiger partial charge in [-0.15, -0.1) is 0 Å². The maximum Gasteiger partial charge on any atom is 0.278 e. The number of aromatic nitrogens is 3. The molecule has 0 aliphatic rings. The number of anilines is 1. The summed E-state index contributed by atoms with van der Waals surface area (Å²) in [5, 5.41) is 5.45. The largest absolute Gasteiger partial charge is 0.494 e. The number of carbonyl (C=O) groups is 1. The Hall–Kier alpha value is -2.90. The first-order valence-corrected chi connectivity index (χ1v) is 10.7. The molecule has 0 aliphatic heterocycles. The average Bonchev–Trinajstić information content (AvgIpc) is 3.41. The van der Waals surface area contributed by atoms with Crippen LogP contribution in [0.2, 0.25) is 5.02 Å². The van der Waals surface area contributed by atoms with E-state index in [4.69, 9.17) is 21.3 Å². The molecule has 0 saturated carbocycles. The molecule has 4 aromatic rings. The molecule has 0 unspecified atom stereocenters. The maximum absolute atomic E-state index is 13.6. The molecule has 0 bridgehead atoms. The fourth-order valence-corrected chi connectivity index (χ4v) is 4.50. The summed E-state index contributed by atoms with van der Waals surface area (Å²) in [7, 11) is 1.59. The highest BCUT2D eigenvalue weighted by molar-refractivity contribution is 7.23. The molecule has 0 fully saturated rings. The molecule has 0 spiro atoms. The molecule has 2 aromatic carbocycles. The van der Waals surface area contributed by atoms with Crippen molar-refractivity contribution in [3.8, 4) is 5.75 Å². The summed E-state index contributed by atoms with van der Waals surface area (Å²) >= 11 is 7.78. The van der Waals surface area contributed by atoms with Crippen molar-refractivity contribution in [3.63, 3.8) is 0 Å². The number of methoxy groups -OCH3 is 1. The number of amides is 1. The van der Waals surface area contributed by atoms with E-state index in [-0.39, 0.29) is 11.9 Å². The van der Waals surface area contributed by atoms with E-state index in [0.717, 1.165) is 10.3 Å². The molecule has 2 heterocycles. The number of benzene rings is 2. The fourth-order valence-electron chi connectivity index (χ4n) is 3.25. The van der Waals surface area contributed by atoms with Gasteiger partial charge in [0.25, 0.3) is 5.91 Å². The maximum atomic E-state index is 13.6. The van der Waals surface area contributed by atoms with E-state index in [1.807, 2.05) is 44.2 Å². The summed E-state index contributed by atoms with van der Waals surface area (Å²) in [6.07, 6.45) is 1.65. The highest BCUT2D eigenvalue weighted by Crippen LogP contribution is 2.39. The second kappa shape index (κ2) is 8.45. The molecule has 30 heavy (non-hydrogen) atoms. The molecule has 0 N–H and O–H groups in total. The highest BCUT2D eigenvalue weighted by Gasteiger charge is 2.26. The third-order valence-electron chi connectivity index (χ3n) is 4.71. The van der Waals surface area contributed by atoms with Gasteiger partial charge >= 0.3 is 0 Å². The normalized spacial score (nSPS) is 11.2. The van der Waals surface area contributed by atoms with Crippen molar-refractivity contribution in [3.05, 3.63) is 71.0 Å². The van der Waals surface area contributed by atoms with Crippen molar-refractivity contribution in [1.82, 2.24) is 14.8 Å². The lowest BCUT2D eigenvalue weighted by Crippen LogP contribution is -2.32. The lowest BCUT2D eigenvalue weighted by Gasteiger charge is -2.21. The number of halogens is 1. The third-order valence-corrected chi connectivity index (χ3v) is 6.24. The second-order valence-electron chi connectivity index (χ2n) is 7.06. The topological polar surface area (TPSA) is 60.2 Å². The lowest BCUT2D eigenvalue weighted by molar-refractivity contribution is 0.0973. The van der Waals surface area contributed by atoms with Crippen LogP contribution >= 0.6 is 22.9 Å². The Kier molecular flexibility index (Phi) is 5.74. The predicted molar refractivity (Wildman–Crippen MR) is 121 cm³/mol. The molecule has 2 aromatic heterocycles.